The minimum absolute atomic E-state index is 0.0360. The van der Waals surface area contributed by atoms with Crippen LogP contribution in [0.4, 0.5) is 5.95 Å². The Morgan fingerprint density at radius 1 is 1.09 bits per heavy atom. The number of aromatic nitrogens is 4. The molecule has 2 aromatic rings. The summed E-state index contributed by atoms with van der Waals surface area (Å²) in [5.41, 5.74) is 0.399. The van der Waals surface area contributed by atoms with Gasteiger partial charge in [-0.3, -0.25) is 13.9 Å². The lowest BCUT2D eigenvalue weighted by molar-refractivity contribution is -0.108. The average molecular weight is 653 g/mol. The number of ether oxygens (including phenoxy) is 3. The Balaban J connectivity index is 2.03. The topological polar surface area (TPSA) is 114 Å². The van der Waals surface area contributed by atoms with Gasteiger partial charge in [-0.2, -0.15) is 4.98 Å². The zero-order valence-electron chi connectivity index (χ0n) is 29.4. The van der Waals surface area contributed by atoms with Crippen molar-refractivity contribution in [1.29, 1.82) is 0 Å². The zero-order valence-corrected chi connectivity index (χ0v) is 31.4. The zero-order chi connectivity index (χ0) is 33.3. The number of aliphatic imine (C=N–C) groups is 1. The molecule has 250 valence electrons. The van der Waals surface area contributed by atoms with E-state index in [4.69, 9.17) is 28.0 Å². The third kappa shape index (κ3) is 8.25. The van der Waals surface area contributed by atoms with Gasteiger partial charge in [-0.15, -0.1) is 0 Å². The standard InChI is InChI=1S/C30H56N6O6Si2/c1-29(2,3)43(11,12)40-18-22-21(42-44(13,14)30(4,5)6)17-23(41-22)36-20-31-25-26(36)33-28(32-19-34(7)8)35(27(25)37)16-15-24(38-9)39-10/h19-24H,15-18H2,1-14H3/b32-19+/t21-,22+,23+/m0/s1. The van der Waals surface area contributed by atoms with Crippen molar-refractivity contribution in [2.75, 3.05) is 34.9 Å². The van der Waals surface area contributed by atoms with Gasteiger partial charge in [0.25, 0.3) is 5.56 Å². The van der Waals surface area contributed by atoms with Crippen molar-refractivity contribution in [3.8, 4) is 0 Å². The minimum Gasteiger partial charge on any atom is -0.414 e. The molecule has 0 unspecified atom stereocenters. The molecule has 0 saturated carbocycles. The molecule has 0 amide bonds. The van der Waals surface area contributed by atoms with Crippen molar-refractivity contribution in [2.45, 2.75) is 122 Å². The lowest BCUT2D eigenvalue weighted by Gasteiger charge is -2.40. The van der Waals surface area contributed by atoms with Crippen LogP contribution in [0.5, 0.6) is 0 Å². The smallest absolute Gasteiger partial charge is 0.283 e. The average Bonchev–Trinajstić information content (AvgIpc) is 3.50. The van der Waals surface area contributed by atoms with Gasteiger partial charge in [0, 0.05) is 47.7 Å². The van der Waals surface area contributed by atoms with Crippen molar-refractivity contribution < 1.29 is 23.1 Å². The molecule has 1 fully saturated rings. The number of fused-ring (bicyclic) bond motifs is 1. The van der Waals surface area contributed by atoms with Gasteiger partial charge in [-0.05, 0) is 36.3 Å². The fourth-order valence-corrected chi connectivity index (χ4v) is 6.81. The highest BCUT2D eigenvalue weighted by Crippen LogP contribution is 2.43. The maximum absolute atomic E-state index is 13.7. The largest absolute Gasteiger partial charge is 0.414 e. The molecule has 1 aliphatic heterocycles. The Labute approximate surface area is 265 Å². The molecule has 44 heavy (non-hydrogen) atoms. The number of hydrogen-bond acceptors (Lipinski definition) is 9. The lowest BCUT2D eigenvalue weighted by Crippen LogP contribution is -2.48. The van der Waals surface area contributed by atoms with Gasteiger partial charge in [0.15, 0.2) is 34.1 Å². The van der Waals surface area contributed by atoms with Gasteiger partial charge < -0.3 is 28.0 Å². The highest BCUT2D eigenvalue weighted by Gasteiger charge is 2.47. The first-order valence-electron chi connectivity index (χ1n) is 15.4. The summed E-state index contributed by atoms with van der Waals surface area (Å²) in [5, 5.41) is 0.107. The maximum Gasteiger partial charge on any atom is 0.283 e. The van der Waals surface area contributed by atoms with E-state index in [1.54, 1.807) is 31.8 Å². The molecule has 1 saturated heterocycles. The second-order valence-electron chi connectivity index (χ2n) is 14.9. The van der Waals surface area contributed by atoms with Crippen molar-refractivity contribution in [3.05, 3.63) is 16.7 Å². The van der Waals surface area contributed by atoms with Crippen molar-refractivity contribution in [3.63, 3.8) is 0 Å². The Morgan fingerprint density at radius 3 is 2.25 bits per heavy atom. The molecule has 0 aromatic carbocycles. The van der Waals surface area contributed by atoms with E-state index in [0.717, 1.165) is 0 Å². The van der Waals surface area contributed by atoms with Crippen molar-refractivity contribution in [2.24, 2.45) is 4.99 Å². The monoisotopic (exact) mass is 652 g/mol. The van der Waals surface area contributed by atoms with Crippen LogP contribution in [0.15, 0.2) is 16.1 Å². The second kappa shape index (κ2) is 13.8. The molecule has 3 heterocycles. The van der Waals surface area contributed by atoms with Crippen LogP contribution in [0.1, 0.15) is 60.6 Å². The molecule has 0 N–H and O–H groups in total. The normalized spacial score (nSPS) is 20.5. The lowest BCUT2D eigenvalue weighted by atomic mass is 10.2. The van der Waals surface area contributed by atoms with Gasteiger partial charge in [-0.25, -0.2) is 9.98 Å². The third-order valence-corrected chi connectivity index (χ3v) is 18.3. The molecule has 0 spiro atoms. The minimum atomic E-state index is -2.13. The van der Waals surface area contributed by atoms with Crippen LogP contribution < -0.4 is 5.56 Å². The predicted molar refractivity (Wildman–Crippen MR) is 180 cm³/mol. The Bertz CT molecular complexity index is 1340. The van der Waals surface area contributed by atoms with Gasteiger partial charge in [0.2, 0.25) is 5.95 Å². The molecule has 1 aliphatic rings. The number of imidazole rings is 1. The fraction of sp³-hybridized carbons (Fsp3) is 0.800. The Hall–Kier alpha value is -1.95. The summed E-state index contributed by atoms with van der Waals surface area (Å²) < 4.78 is 34.3. The van der Waals surface area contributed by atoms with E-state index >= 15 is 0 Å². The number of hydrogen-bond donors (Lipinski definition) is 0. The quantitative estimate of drug-likeness (QED) is 0.119. The summed E-state index contributed by atoms with van der Waals surface area (Å²) in [7, 11) is 2.71. The molecule has 0 bridgehead atoms. The third-order valence-electron chi connectivity index (χ3n) is 9.34. The second-order valence-corrected chi connectivity index (χ2v) is 24.5. The summed E-state index contributed by atoms with van der Waals surface area (Å²) in [6.45, 7) is 23.2. The van der Waals surface area contributed by atoms with E-state index in [1.807, 2.05) is 18.7 Å². The first kappa shape index (κ1) is 36.5. The van der Waals surface area contributed by atoms with Crippen LogP contribution in [0.2, 0.25) is 36.3 Å². The van der Waals surface area contributed by atoms with Crippen molar-refractivity contribution in [1.82, 2.24) is 24.0 Å². The molecule has 3 rings (SSSR count). The summed E-state index contributed by atoms with van der Waals surface area (Å²) in [6.07, 6.45) is 2.97. The molecule has 14 heteroatoms. The van der Waals surface area contributed by atoms with E-state index in [1.165, 1.54) is 4.57 Å². The van der Waals surface area contributed by atoms with Crippen LogP contribution >= 0.6 is 0 Å². The van der Waals surface area contributed by atoms with E-state index in [2.05, 4.69) is 77.7 Å². The SMILES string of the molecule is COC(CCn1c(/N=C/N(C)C)nc2c(ncn2[C@H]2C[C@H](O[Si](C)(C)C(C)(C)C)[C@@H](CO[Si](C)(C)C(C)(C)C)O2)c1=O)OC. The van der Waals surface area contributed by atoms with E-state index in [9.17, 15) is 4.79 Å². The first-order chi connectivity index (χ1) is 20.2. The van der Waals surface area contributed by atoms with Crippen molar-refractivity contribution >= 4 is 40.1 Å². The Morgan fingerprint density at radius 2 is 1.70 bits per heavy atom. The molecular weight excluding hydrogens is 597 g/mol. The highest BCUT2D eigenvalue weighted by molar-refractivity contribution is 6.74. The van der Waals surface area contributed by atoms with Gasteiger partial charge >= 0.3 is 0 Å². The van der Waals surface area contributed by atoms with Crippen LogP contribution in [-0.2, 0) is 29.6 Å². The van der Waals surface area contributed by atoms with Gasteiger partial charge in [0.05, 0.1) is 25.4 Å². The molecule has 12 nitrogen and oxygen atoms in total. The predicted octanol–water partition coefficient (Wildman–Crippen LogP) is 5.52. The molecular formula is C30H56N6O6Si2. The fourth-order valence-electron chi connectivity index (χ4n) is 4.44. The summed E-state index contributed by atoms with van der Waals surface area (Å²) >= 11 is 0. The number of nitrogens with zero attached hydrogens (tertiary/aromatic N) is 6. The summed E-state index contributed by atoms with van der Waals surface area (Å²) in [6, 6.07) is 0. The maximum atomic E-state index is 13.7. The van der Waals surface area contributed by atoms with Crippen LogP contribution in [-0.4, -0.2) is 100 Å². The van der Waals surface area contributed by atoms with Gasteiger partial charge in [0.1, 0.15) is 12.3 Å². The van der Waals surface area contributed by atoms with E-state index < -0.39 is 29.2 Å². The summed E-state index contributed by atoms with van der Waals surface area (Å²) in [4.78, 5) is 29.4. The first-order valence-corrected chi connectivity index (χ1v) is 21.2. The number of methoxy groups -OCH3 is 2. The van der Waals surface area contributed by atoms with Crippen LogP contribution in [0.3, 0.4) is 0 Å². The van der Waals surface area contributed by atoms with E-state index in [0.29, 0.717) is 31.6 Å². The molecule has 0 aliphatic carbocycles. The van der Waals surface area contributed by atoms with E-state index in [-0.39, 0.29) is 39.3 Å². The van der Waals surface area contributed by atoms with Gasteiger partial charge in [-0.1, -0.05) is 41.5 Å². The highest BCUT2D eigenvalue weighted by atomic mass is 28.4. The molecule has 2 aromatic heterocycles. The van der Waals surface area contributed by atoms with Crippen LogP contribution in [0, 0.1) is 0 Å². The summed E-state index contributed by atoms with van der Waals surface area (Å²) in [5.74, 6) is 0.272. The molecule has 3 atom stereocenters. The number of rotatable bonds is 13. The Kier molecular flexibility index (Phi) is 11.5. The van der Waals surface area contributed by atoms with Crippen LogP contribution in [0.25, 0.3) is 11.2 Å². The molecule has 0 radical (unpaired) electrons.